The van der Waals surface area contributed by atoms with E-state index in [1.54, 1.807) is 12.3 Å². The molecule has 2 aliphatic heterocycles. The molecule has 5 N–H and O–H groups in total. The molecule has 9 nitrogen and oxygen atoms in total. The lowest BCUT2D eigenvalue weighted by Crippen LogP contribution is -2.51. The van der Waals surface area contributed by atoms with E-state index in [2.05, 4.69) is 15.3 Å². The molecule has 0 radical (unpaired) electrons. The van der Waals surface area contributed by atoms with Crippen molar-refractivity contribution in [3.63, 3.8) is 0 Å². The Morgan fingerprint density at radius 2 is 1.97 bits per heavy atom. The molecule has 5 heterocycles. The van der Waals surface area contributed by atoms with Gasteiger partial charge >= 0.3 is 6.18 Å². The largest absolute Gasteiger partial charge is 0.438 e. The number of piperidine rings is 1. The Morgan fingerprint density at radius 3 is 2.72 bits per heavy atom. The Hall–Kier alpha value is -3.38. The van der Waals surface area contributed by atoms with E-state index in [-0.39, 0.29) is 42.6 Å². The van der Waals surface area contributed by atoms with Crippen LogP contribution in [-0.2, 0) is 4.74 Å². The normalized spacial score (nSPS) is 21.6. The number of carbonyl (C=O) groups excluding carboxylic acids is 1. The number of ether oxygens (including phenoxy) is 1. The Bertz CT molecular complexity index is 1260. The Balaban J connectivity index is 1.40. The van der Waals surface area contributed by atoms with Gasteiger partial charge in [-0.25, -0.2) is 0 Å². The standard InChI is InChI=1S/C24H27F3N6O3/c25-24(26,27)15-8-16(28)12-33(11-15)18-1-4-30-10-17(18)32-23(34)20-21-19(36-22(20)29)7-14(9-31-21)13-2-5-35-6-3-13/h1,4,7,9-10,13,15-16H,2-3,5-6,8,11-12,28-29H2,(H,32,34). The van der Waals surface area contributed by atoms with Gasteiger partial charge < -0.3 is 30.8 Å². The molecule has 0 aliphatic carbocycles. The molecule has 0 aromatic carbocycles. The van der Waals surface area contributed by atoms with Crippen LogP contribution in [0.5, 0.6) is 0 Å². The van der Waals surface area contributed by atoms with Gasteiger partial charge in [0.05, 0.1) is 23.5 Å². The lowest BCUT2D eigenvalue weighted by Gasteiger charge is -2.39. The highest BCUT2D eigenvalue weighted by atomic mass is 19.4. The number of aromatic nitrogens is 2. The third-order valence-electron chi connectivity index (χ3n) is 6.83. The summed E-state index contributed by atoms with van der Waals surface area (Å²) in [6.07, 6.45) is 1.77. The molecule has 12 heteroatoms. The van der Waals surface area contributed by atoms with Crippen LogP contribution in [0.15, 0.2) is 35.1 Å². The van der Waals surface area contributed by atoms with Crippen molar-refractivity contribution in [2.75, 3.05) is 42.3 Å². The molecule has 3 aromatic rings. The van der Waals surface area contributed by atoms with E-state index in [0.717, 1.165) is 18.4 Å². The van der Waals surface area contributed by atoms with E-state index in [4.69, 9.17) is 20.6 Å². The van der Waals surface area contributed by atoms with E-state index >= 15 is 0 Å². The summed E-state index contributed by atoms with van der Waals surface area (Å²) in [5, 5.41) is 2.73. The van der Waals surface area contributed by atoms with Crippen molar-refractivity contribution >= 4 is 34.3 Å². The molecule has 0 saturated carbocycles. The smallest absolute Gasteiger partial charge is 0.393 e. The monoisotopic (exact) mass is 504 g/mol. The molecule has 192 valence electrons. The van der Waals surface area contributed by atoms with Crippen molar-refractivity contribution in [1.82, 2.24) is 9.97 Å². The third kappa shape index (κ3) is 4.82. The first-order valence-corrected chi connectivity index (χ1v) is 11.8. The lowest BCUT2D eigenvalue weighted by atomic mass is 9.93. The van der Waals surface area contributed by atoms with Crippen molar-refractivity contribution < 1.29 is 27.1 Å². The number of carbonyl (C=O) groups is 1. The van der Waals surface area contributed by atoms with E-state index in [1.807, 2.05) is 6.07 Å². The minimum atomic E-state index is -4.37. The maximum atomic E-state index is 13.4. The molecule has 2 saturated heterocycles. The third-order valence-corrected chi connectivity index (χ3v) is 6.83. The number of amides is 1. The second-order valence-corrected chi connectivity index (χ2v) is 9.33. The van der Waals surface area contributed by atoms with Crippen LogP contribution >= 0.6 is 0 Å². The van der Waals surface area contributed by atoms with Crippen LogP contribution in [0.4, 0.5) is 30.4 Å². The minimum absolute atomic E-state index is 0.0573. The number of nitrogens with zero attached hydrogens (tertiary/aromatic N) is 3. The highest BCUT2D eigenvalue weighted by Gasteiger charge is 2.44. The van der Waals surface area contributed by atoms with Gasteiger partial charge in [-0.05, 0) is 42.9 Å². The Labute approximate surface area is 205 Å². The van der Waals surface area contributed by atoms with E-state index in [0.29, 0.717) is 30.0 Å². The minimum Gasteiger partial charge on any atom is -0.438 e. The molecule has 2 atom stereocenters. The van der Waals surface area contributed by atoms with Crippen LogP contribution in [0.2, 0.25) is 0 Å². The Morgan fingerprint density at radius 1 is 1.19 bits per heavy atom. The van der Waals surface area contributed by atoms with Gasteiger partial charge in [0.25, 0.3) is 5.91 Å². The summed E-state index contributed by atoms with van der Waals surface area (Å²) in [6, 6.07) is 2.73. The maximum absolute atomic E-state index is 13.4. The maximum Gasteiger partial charge on any atom is 0.393 e. The van der Waals surface area contributed by atoms with Crippen LogP contribution in [0, 0.1) is 5.92 Å². The van der Waals surface area contributed by atoms with Gasteiger partial charge in [-0.15, -0.1) is 0 Å². The number of furan rings is 1. The number of anilines is 3. The Kier molecular flexibility index (Phi) is 6.47. The van der Waals surface area contributed by atoms with Crippen LogP contribution in [0.3, 0.4) is 0 Å². The molecule has 5 rings (SSSR count). The number of alkyl halides is 3. The number of nitrogens with two attached hydrogens (primary N) is 2. The molecular weight excluding hydrogens is 477 g/mol. The van der Waals surface area contributed by atoms with E-state index in [9.17, 15) is 18.0 Å². The number of nitrogen functional groups attached to an aromatic ring is 1. The number of hydrogen-bond donors (Lipinski definition) is 3. The first kappa shape index (κ1) is 24.3. The molecule has 3 aromatic heterocycles. The van der Waals surface area contributed by atoms with Crippen molar-refractivity contribution in [1.29, 1.82) is 0 Å². The van der Waals surface area contributed by atoms with Crippen molar-refractivity contribution in [2.45, 2.75) is 37.4 Å². The second kappa shape index (κ2) is 9.58. The molecular formula is C24H27F3N6O3. The highest BCUT2D eigenvalue weighted by molar-refractivity contribution is 6.15. The second-order valence-electron chi connectivity index (χ2n) is 9.33. The summed E-state index contributed by atoms with van der Waals surface area (Å²) in [7, 11) is 0. The number of pyridine rings is 2. The average Bonchev–Trinajstić information content (AvgIpc) is 3.19. The highest BCUT2D eigenvalue weighted by Crippen LogP contribution is 2.37. The van der Waals surface area contributed by atoms with Crippen molar-refractivity contribution in [2.24, 2.45) is 11.7 Å². The zero-order chi connectivity index (χ0) is 25.4. The summed E-state index contributed by atoms with van der Waals surface area (Å²) in [4.78, 5) is 23.3. The van der Waals surface area contributed by atoms with E-state index < -0.39 is 24.0 Å². The SMILES string of the molecule is Nc1oc2cc(C3CCOCC3)cnc2c1C(=O)Nc1cnccc1N1CC(N)CC(C(F)(F)F)C1. The van der Waals surface area contributed by atoms with Crippen LogP contribution in [0.25, 0.3) is 11.1 Å². The van der Waals surface area contributed by atoms with Gasteiger partial charge in [0.1, 0.15) is 11.1 Å². The first-order valence-electron chi connectivity index (χ1n) is 11.8. The quantitative estimate of drug-likeness (QED) is 0.490. The summed E-state index contributed by atoms with van der Waals surface area (Å²) >= 11 is 0. The van der Waals surface area contributed by atoms with Gasteiger partial charge in [-0.2, -0.15) is 13.2 Å². The van der Waals surface area contributed by atoms with Gasteiger partial charge in [0, 0.05) is 44.7 Å². The fraction of sp³-hybridized carbons (Fsp3) is 0.458. The van der Waals surface area contributed by atoms with Gasteiger partial charge in [-0.3, -0.25) is 14.8 Å². The number of halogens is 3. The fourth-order valence-electron chi connectivity index (χ4n) is 5.00. The van der Waals surface area contributed by atoms with Crippen molar-refractivity contribution in [3.8, 4) is 0 Å². The molecule has 2 unspecified atom stereocenters. The van der Waals surface area contributed by atoms with Crippen LogP contribution in [-0.4, -0.2) is 54.4 Å². The lowest BCUT2D eigenvalue weighted by molar-refractivity contribution is -0.177. The number of rotatable bonds is 4. The predicted octanol–water partition coefficient (Wildman–Crippen LogP) is 3.67. The number of fused-ring (bicyclic) bond motifs is 1. The summed E-state index contributed by atoms with van der Waals surface area (Å²) in [5.41, 5.74) is 14.4. The molecule has 0 bridgehead atoms. The molecule has 2 aliphatic rings. The molecule has 0 spiro atoms. The number of hydrogen-bond acceptors (Lipinski definition) is 8. The average molecular weight is 505 g/mol. The molecule has 36 heavy (non-hydrogen) atoms. The molecule has 1 amide bonds. The van der Waals surface area contributed by atoms with Crippen LogP contribution < -0.4 is 21.7 Å². The molecule has 2 fully saturated rings. The van der Waals surface area contributed by atoms with Crippen molar-refractivity contribution in [3.05, 3.63) is 41.9 Å². The summed E-state index contributed by atoms with van der Waals surface area (Å²) < 4.78 is 51.4. The number of nitrogens with one attached hydrogen (secondary N) is 1. The van der Waals surface area contributed by atoms with Crippen LogP contribution in [0.1, 0.15) is 41.1 Å². The zero-order valence-corrected chi connectivity index (χ0v) is 19.4. The van der Waals surface area contributed by atoms with Gasteiger partial charge in [0.2, 0.25) is 5.88 Å². The van der Waals surface area contributed by atoms with Gasteiger partial charge in [0.15, 0.2) is 5.58 Å². The van der Waals surface area contributed by atoms with Gasteiger partial charge in [-0.1, -0.05) is 0 Å². The van der Waals surface area contributed by atoms with E-state index in [1.165, 1.54) is 17.3 Å². The summed E-state index contributed by atoms with van der Waals surface area (Å²) in [6.45, 7) is 1.30. The first-order chi connectivity index (χ1) is 17.2. The summed E-state index contributed by atoms with van der Waals surface area (Å²) in [5.74, 6) is -1.98. The fourth-order valence-corrected chi connectivity index (χ4v) is 5.00. The zero-order valence-electron chi connectivity index (χ0n) is 19.4. The topological polar surface area (TPSA) is 133 Å². The predicted molar refractivity (Wildman–Crippen MR) is 128 cm³/mol.